The van der Waals surface area contributed by atoms with Crippen LogP contribution in [0.4, 0.5) is 0 Å². The van der Waals surface area contributed by atoms with Crippen LogP contribution in [0.1, 0.15) is 31.9 Å². The third-order valence-corrected chi connectivity index (χ3v) is 4.02. The maximum Gasteiger partial charge on any atom is 0.0212 e. The van der Waals surface area contributed by atoms with E-state index in [1.54, 1.807) is 0 Å². The first-order chi connectivity index (χ1) is 10.4. The SMILES string of the molecule is Cc1ccc(-c2ccccc2)cc1C/C=C(\C=N)C(C)(C)C. The highest BCUT2D eigenvalue weighted by Gasteiger charge is 2.14. The topological polar surface area (TPSA) is 23.9 Å². The lowest BCUT2D eigenvalue weighted by Crippen LogP contribution is -2.10. The molecule has 0 atom stereocenters. The Hall–Kier alpha value is -2.15. The van der Waals surface area contributed by atoms with Crippen molar-refractivity contribution in [2.75, 3.05) is 0 Å². The van der Waals surface area contributed by atoms with Crippen molar-refractivity contribution >= 4 is 6.21 Å². The average Bonchev–Trinajstić information content (AvgIpc) is 2.49. The molecule has 2 aromatic rings. The number of aryl methyl sites for hydroxylation is 1. The number of allylic oxidation sites excluding steroid dienone is 2. The summed E-state index contributed by atoms with van der Waals surface area (Å²) in [4.78, 5) is 0. The summed E-state index contributed by atoms with van der Waals surface area (Å²) in [5, 5.41) is 7.62. The van der Waals surface area contributed by atoms with Crippen molar-refractivity contribution in [2.45, 2.75) is 34.1 Å². The molecule has 0 aliphatic rings. The summed E-state index contributed by atoms with van der Waals surface area (Å²) in [6.45, 7) is 8.60. The summed E-state index contributed by atoms with van der Waals surface area (Å²) in [5.74, 6) is 0. The highest BCUT2D eigenvalue weighted by atomic mass is 14.4. The molecular weight excluding hydrogens is 266 g/mol. The predicted octanol–water partition coefficient (Wildman–Crippen LogP) is 5.83. The first-order valence-electron chi connectivity index (χ1n) is 7.78. The first kappa shape index (κ1) is 16.2. The Morgan fingerprint density at radius 3 is 2.27 bits per heavy atom. The fourth-order valence-electron chi connectivity index (χ4n) is 2.50. The van der Waals surface area contributed by atoms with Crippen molar-refractivity contribution in [1.29, 1.82) is 5.41 Å². The van der Waals surface area contributed by atoms with Gasteiger partial charge in [-0.15, -0.1) is 0 Å². The van der Waals surface area contributed by atoms with Crippen LogP contribution >= 0.6 is 0 Å². The van der Waals surface area contributed by atoms with Crippen molar-refractivity contribution in [1.82, 2.24) is 0 Å². The largest absolute Gasteiger partial charge is 0.308 e. The maximum absolute atomic E-state index is 7.62. The zero-order valence-electron chi connectivity index (χ0n) is 14.0. The molecule has 0 saturated heterocycles. The fourth-order valence-corrected chi connectivity index (χ4v) is 2.50. The standard InChI is InChI=1S/C21H25N/c1-16-10-11-19(17-8-6-5-7-9-17)14-18(16)12-13-20(15-22)21(2,3)4/h5-11,13-15,22H,12H2,1-4H3/b20-13+,22-15?. The molecule has 0 radical (unpaired) electrons. The number of benzene rings is 2. The predicted molar refractivity (Wildman–Crippen MR) is 96.6 cm³/mol. The molecule has 0 fully saturated rings. The molecule has 0 aliphatic carbocycles. The van der Waals surface area contributed by atoms with Gasteiger partial charge in [-0.3, -0.25) is 0 Å². The zero-order chi connectivity index (χ0) is 16.2. The third-order valence-electron chi connectivity index (χ3n) is 4.02. The van der Waals surface area contributed by atoms with E-state index in [1.807, 2.05) is 6.07 Å². The Bertz CT molecular complexity index is 673. The van der Waals surface area contributed by atoms with Crippen LogP contribution in [0, 0.1) is 17.7 Å². The van der Waals surface area contributed by atoms with Crippen LogP contribution in [0.5, 0.6) is 0 Å². The second-order valence-electron chi connectivity index (χ2n) is 6.77. The second-order valence-corrected chi connectivity index (χ2v) is 6.77. The van der Waals surface area contributed by atoms with E-state index in [-0.39, 0.29) is 5.41 Å². The molecule has 1 heteroatoms. The van der Waals surface area contributed by atoms with Gasteiger partial charge in [-0.05, 0) is 46.6 Å². The van der Waals surface area contributed by atoms with Crippen molar-refractivity contribution in [3.05, 3.63) is 71.3 Å². The van der Waals surface area contributed by atoms with Crippen molar-refractivity contribution in [3.63, 3.8) is 0 Å². The Kier molecular flexibility index (Phi) is 4.97. The van der Waals surface area contributed by atoms with Gasteiger partial charge in [0.05, 0.1) is 0 Å². The van der Waals surface area contributed by atoms with Gasteiger partial charge in [0.1, 0.15) is 0 Å². The van der Waals surface area contributed by atoms with Crippen LogP contribution in [-0.2, 0) is 6.42 Å². The van der Waals surface area contributed by atoms with E-state index in [9.17, 15) is 0 Å². The van der Waals surface area contributed by atoms with Crippen LogP contribution in [0.25, 0.3) is 11.1 Å². The molecule has 1 N–H and O–H groups in total. The fraction of sp³-hybridized carbons (Fsp3) is 0.286. The number of hydrogen-bond acceptors (Lipinski definition) is 1. The van der Waals surface area contributed by atoms with Gasteiger partial charge < -0.3 is 5.41 Å². The smallest absolute Gasteiger partial charge is 0.0212 e. The lowest BCUT2D eigenvalue weighted by molar-refractivity contribution is 0.524. The quantitative estimate of drug-likeness (QED) is 0.686. The van der Waals surface area contributed by atoms with Crippen LogP contribution in [0.2, 0.25) is 0 Å². The monoisotopic (exact) mass is 291 g/mol. The Labute approximate surface area is 134 Å². The van der Waals surface area contributed by atoms with Crippen LogP contribution < -0.4 is 0 Å². The first-order valence-corrected chi connectivity index (χ1v) is 7.78. The molecular formula is C21H25N. The van der Waals surface area contributed by atoms with Crippen LogP contribution in [0.15, 0.2) is 60.2 Å². The molecule has 2 aromatic carbocycles. The normalized spacial score (nSPS) is 12.3. The van der Waals surface area contributed by atoms with Crippen molar-refractivity contribution in [3.8, 4) is 11.1 Å². The summed E-state index contributed by atoms with van der Waals surface area (Å²) < 4.78 is 0. The summed E-state index contributed by atoms with van der Waals surface area (Å²) in [5.41, 5.74) is 6.22. The Morgan fingerprint density at radius 2 is 1.68 bits per heavy atom. The second kappa shape index (κ2) is 6.74. The number of hydrogen-bond donors (Lipinski definition) is 1. The van der Waals surface area contributed by atoms with Gasteiger partial charge in [0.2, 0.25) is 0 Å². The molecule has 1 nitrogen and oxygen atoms in total. The van der Waals surface area contributed by atoms with Crippen molar-refractivity contribution in [2.24, 2.45) is 5.41 Å². The summed E-state index contributed by atoms with van der Waals surface area (Å²) >= 11 is 0. The third kappa shape index (κ3) is 3.94. The molecule has 0 amide bonds. The number of nitrogens with one attached hydrogen (secondary N) is 1. The molecule has 0 saturated carbocycles. The van der Waals surface area contributed by atoms with Gasteiger partial charge in [0.15, 0.2) is 0 Å². The highest BCUT2D eigenvalue weighted by Crippen LogP contribution is 2.26. The Morgan fingerprint density at radius 1 is 1.00 bits per heavy atom. The van der Waals surface area contributed by atoms with Crippen LogP contribution in [0.3, 0.4) is 0 Å². The highest BCUT2D eigenvalue weighted by molar-refractivity contribution is 5.77. The van der Waals surface area contributed by atoms with Crippen molar-refractivity contribution < 1.29 is 0 Å². The summed E-state index contributed by atoms with van der Waals surface area (Å²) in [6.07, 6.45) is 4.54. The van der Waals surface area contributed by atoms with E-state index in [4.69, 9.17) is 5.41 Å². The van der Waals surface area contributed by atoms with E-state index in [0.717, 1.165) is 12.0 Å². The molecule has 0 bridgehead atoms. The van der Waals surface area contributed by atoms with E-state index in [1.165, 1.54) is 28.5 Å². The Balaban J connectivity index is 2.32. The lowest BCUT2D eigenvalue weighted by atomic mass is 9.85. The zero-order valence-corrected chi connectivity index (χ0v) is 14.0. The lowest BCUT2D eigenvalue weighted by Gasteiger charge is -2.19. The minimum Gasteiger partial charge on any atom is -0.308 e. The minimum absolute atomic E-state index is 0.0205. The molecule has 22 heavy (non-hydrogen) atoms. The molecule has 2 rings (SSSR count). The summed E-state index contributed by atoms with van der Waals surface area (Å²) in [7, 11) is 0. The van der Waals surface area contributed by atoms with E-state index in [2.05, 4.69) is 76.2 Å². The van der Waals surface area contributed by atoms with E-state index < -0.39 is 0 Å². The van der Waals surface area contributed by atoms with Gasteiger partial charge in [-0.25, -0.2) is 0 Å². The van der Waals surface area contributed by atoms with E-state index in [0.29, 0.717) is 0 Å². The van der Waals surface area contributed by atoms with E-state index >= 15 is 0 Å². The molecule has 0 spiro atoms. The van der Waals surface area contributed by atoms with Crippen LogP contribution in [-0.4, -0.2) is 6.21 Å². The maximum atomic E-state index is 7.62. The van der Waals surface area contributed by atoms with Gasteiger partial charge in [0.25, 0.3) is 0 Å². The molecule has 0 aliphatic heterocycles. The minimum atomic E-state index is 0.0205. The molecule has 0 heterocycles. The molecule has 114 valence electrons. The van der Waals surface area contributed by atoms with Gasteiger partial charge in [-0.2, -0.15) is 0 Å². The van der Waals surface area contributed by atoms with Gasteiger partial charge >= 0.3 is 0 Å². The van der Waals surface area contributed by atoms with Gasteiger partial charge in [0, 0.05) is 6.21 Å². The molecule has 0 aromatic heterocycles. The average molecular weight is 291 g/mol. The number of rotatable bonds is 4. The molecule has 0 unspecified atom stereocenters. The summed E-state index contributed by atoms with van der Waals surface area (Å²) in [6, 6.07) is 17.1. The van der Waals surface area contributed by atoms with Gasteiger partial charge in [-0.1, -0.05) is 75.4 Å².